The fraction of sp³-hybridized carbons (Fsp3) is 0.600. The van der Waals surface area contributed by atoms with Crippen LogP contribution in [0.3, 0.4) is 0 Å². The first kappa shape index (κ1) is 12.4. The molecule has 1 saturated heterocycles. The van der Waals surface area contributed by atoms with Gasteiger partial charge in [0.1, 0.15) is 0 Å². The predicted molar refractivity (Wildman–Crippen MR) is 72.3 cm³/mol. The molecule has 0 spiro atoms. The van der Waals surface area contributed by atoms with E-state index in [1.165, 1.54) is 30.5 Å². The number of hydrogen-bond acceptors (Lipinski definition) is 2. The summed E-state index contributed by atoms with van der Waals surface area (Å²) in [6.07, 6.45) is 3.86. The zero-order chi connectivity index (χ0) is 12.3. The minimum atomic E-state index is 0.142. The molecule has 1 aliphatic rings. The number of nitrogens with zero attached hydrogens (tertiary/aromatic N) is 1. The molecule has 0 aromatic heterocycles. The molecule has 0 amide bonds. The standard InChI is InChI=1S/C15H23NO/c1-12-4-3-8-16(9-7-12)15-6-5-13(2)10-14(15)11-17/h5-6,10,12,17H,3-4,7-9,11H2,1-2H3. The highest BCUT2D eigenvalue weighted by atomic mass is 16.3. The largest absolute Gasteiger partial charge is 0.392 e. The molecule has 1 aromatic carbocycles. The molecule has 2 rings (SSSR count). The third kappa shape index (κ3) is 3.01. The van der Waals surface area contributed by atoms with Gasteiger partial charge in [0, 0.05) is 24.3 Å². The number of benzene rings is 1. The predicted octanol–water partition coefficient (Wildman–Crippen LogP) is 3.11. The van der Waals surface area contributed by atoms with Crippen molar-refractivity contribution in [2.75, 3.05) is 18.0 Å². The Kier molecular flexibility index (Phi) is 4.06. The molecule has 94 valence electrons. The Hall–Kier alpha value is -1.02. The zero-order valence-electron chi connectivity index (χ0n) is 10.9. The maximum atomic E-state index is 9.47. The van der Waals surface area contributed by atoms with Gasteiger partial charge < -0.3 is 10.0 Å². The Bertz CT molecular complexity index is 375. The van der Waals surface area contributed by atoms with Crippen LogP contribution in [0.4, 0.5) is 5.69 Å². The summed E-state index contributed by atoms with van der Waals surface area (Å²) in [5.74, 6) is 0.836. The number of aryl methyl sites for hydroxylation is 1. The second-order valence-corrected chi connectivity index (χ2v) is 5.31. The summed E-state index contributed by atoms with van der Waals surface area (Å²) in [7, 11) is 0. The average Bonchev–Trinajstić information content (AvgIpc) is 2.54. The van der Waals surface area contributed by atoms with Crippen molar-refractivity contribution in [3.05, 3.63) is 29.3 Å². The van der Waals surface area contributed by atoms with E-state index in [2.05, 4.69) is 36.9 Å². The van der Waals surface area contributed by atoms with Gasteiger partial charge in [0.05, 0.1) is 6.61 Å². The summed E-state index contributed by atoms with van der Waals surface area (Å²) >= 11 is 0. The van der Waals surface area contributed by atoms with Gasteiger partial charge in [-0.05, 0) is 38.2 Å². The van der Waals surface area contributed by atoms with Crippen molar-refractivity contribution < 1.29 is 5.11 Å². The lowest BCUT2D eigenvalue weighted by molar-refractivity contribution is 0.282. The molecule has 1 atom stereocenters. The van der Waals surface area contributed by atoms with Gasteiger partial charge in [-0.1, -0.05) is 24.6 Å². The number of rotatable bonds is 2. The normalized spacial score (nSPS) is 21.4. The first-order valence-corrected chi connectivity index (χ1v) is 6.66. The van der Waals surface area contributed by atoms with Crippen molar-refractivity contribution in [1.29, 1.82) is 0 Å². The molecule has 0 bridgehead atoms. The van der Waals surface area contributed by atoms with E-state index in [9.17, 15) is 5.11 Å². The number of hydrogen-bond donors (Lipinski definition) is 1. The number of anilines is 1. The van der Waals surface area contributed by atoms with Gasteiger partial charge in [0.2, 0.25) is 0 Å². The van der Waals surface area contributed by atoms with E-state index in [1.54, 1.807) is 0 Å². The van der Waals surface area contributed by atoms with Crippen LogP contribution < -0.4 is 4.90 Å². The van der Waals surface area contributed by atoms with Crippen molar-refractivity contribution >= 4 is 5.69 Å². The van der Waals surface area contributed by atoms with Crippen molar-refractivity contribution in [3.8, 4) is 0 Å². The van der Waals surface area contributed by atoms with Gasteiger partial charge >= 0.3 is 0 Å². The highest BCUT2D eigenvalue weighted by molar-refractivity contribution is 5.54. The summed E-state index contributed by atoms with van der Waals surface area (Å²) in [5.41, 5.74) is 3.52. The Morgan fingerprint density at radius 2 is 2.12 bits per heavy atom. The van der Waals surface area contributed by atoms with Gasteiger partial charge in [-0.3, -0.25) is 0 Å². The Labute approximate surface area is 104 Å². The summed E-state index contributed by atoms with van der Waals surface area (Å²) in [6.45, 7) is 6.81. The van der Waals surface area contributed by atoms with Crippen LogP contribution in [0.2, 0.25) is 0 Å². The molecule has 2 heteroatoms. The van der Waals surface area contributed by atoms with Crippen LogP contribution in [0.25, 0.3) is 0 Å². The smallest absolute Gasteiger partial charge is 0.0702 e. The van der Waals surface area contributed by atoms with Crippen molar-refractivity contribution in [3.63, 3.8) is 0 Å². The lowest BCUT2D eigenvalue weighted by Gasteiger charge is -2.25. The topological polar surface area (TPSA) is 23.5 Å². The molecule has 0 radical (unpaired) electrons. The third-order valence-corrected chi connectivity index (χ3v) is 3.76. The van der Waals surface area contributed by atoms with Gasteiger partial charge in [-0.2, -0.15) is 0 Å². The van der Waals surface area contributed by atoms with E-state index in [4.69, 9.17) is 0 Å². The maximum absolute atomic E-state index is 9.47. The van der Waals surface area contributed by atoms with E-state index >= 15 is 0 Å². The second kappa shape index (κ2) is 5.54. The van der Waals surface area contributed by atoms with Gasteiger partial charge in [0.15, 0.2) is 0 Å². The highest BCUT2D eigenvalue weighted by Crippen LogP contribution is 2.26. The molecule has 1 aliphatic heterocycles. The summed E-state index contributed by atoms with van der Waals surface area (Å²) in [6, 6.07) is 6.41. The van der Waals surface area contributed by atoms with Gasteiger partial charge in [-0.15, -0.1) is 0 Å². The summed E-state index contributed by atoms with van der Waals surface area (Å²) in [4.78, 5) is 2.44. The fourth-order valence-electron chi connectivity index (χ4n) is 2.65. The van der Waals surface area contributed by atoms with E-state index in [0.717, 1.165) is 24.6 Å². The van der Waals surface area contributed by atoms with Crippen molar-refractivity contribution in [2.45, 2.75) is 39.7 Å². The van der Waals surface area contributed by atoms with Crippen molar-refractivity contribution in [1.82, 2.24) is 0 Å². The molecule has 17 heavy (non-hydrogen) atoms. The van der Waals surface area contributed by atoms with E-state index in [-0.39, 0.29) is 6.61 Å². The monoisotopic (exact) mass is 233 g/mol. The molecule has 1 fully saturated rings. The van der Waals surface area contributed by atoms with Crippen LogP contribution in [-0.2, 0) is 6.61 Å². The van der Waals surface area contributed by atoms with Gasteiger partial charge in [-0.25, -0.2) is 0 Å². The van der Waals surface area contributed by atoms with Crippen LogP contribution in [0.1, 0.15) is 37.3 Å². The molecular formula is C15H23NO. The lowest BCUT2D eigenvalue weighted by atomic mass is 10.0. The zero-order valence-corrected chi connectivity index (χ0v) is 10.9. The summed E-state index contributed by atoms with van der Waals surface area (Å²) < 4.78 is 0. The Balaban J connectivity index is 2.20. The van der Waals surface area contributed by atoms with Crippen LogP contribution in [0.5, 0.6) is 0 Å². The minimum Gasteiger partial charge on any atom is -0.392 e. The first-order chi connectivity index (χ1) is 8.20. The Morgan fingerprint density at radius 1 is 1.29 bits per heavy atom. The lowest BCUT2D eigenvalue weighted by Crippen LogP contribution is -2.25. The SMILES string of the molecule is Cc1ccc(N2CCCC(C)CC2)c(CO)c1. The molecule has 1 N–H and O–H groups in total. The van der Waals surface area contributed by atoms with Crippen LogP contribution in [0.15, 0.2) is 18.2 Å². The van der Waals surface area contributed by atoms with E-state index in [0.29, 0.717) is 0 Å². The molecule has 1 aromatic rings. The van der Waals surface area contributed by atoms with Crippen molar-refractivity contribution in [2.24, 2.45) is 5.92 Å². The van der Waals surface area contributed by atoms with Crippen LogP contribution in [0, 0.1) is 12.8 Å². The number of aliphatic hydroxyl groups is 1. The molecule has 1 unspecified atom stereocenters. The van der Waals surface area contributed by atoms with E-state index in [1.807, 2.05) is 0 Å². The first-order valence-electron chi connectivity index (χ1n) is 6.66. The second-order valence-electron chi connectivity index (χ2n) is 5.31. The number of aliphatic hydroxyl groups excluding tert-OH is 1. The molecule has 1 heterocycles. The third-order valence-electron chi connectivity index (χ3n) is 3.76. The molecular weight excluding hydrogens is 210 g/mol. The van der Waals surface area contributed by atoms with Gasteiger partial charge in [0.25, 0.3) is 0 Å². The highest BCUT2D eigenvalue weighted by Gasteiger charge is 2.16. The van der Waals surface area contributed by atoms with Crippen LogP contribution >= 0.6 is 0 Å². The Morgan fingerprint density at radius 3 is 2.88 bits per heavy atom. The van der Waals surface area contributed by atoms with E-state index < -0.39 is 0 Å². The fourth-order valence-corrected chi connectivity index (χ4v) is 2.65. The maximum Gasteiger partial charge on any atom is 0.0702 e. The minimum absolute atomic E-state index is 0.142. The molecule has 0 saturated carbocycles. The molecule has 0 aliphatic carbocycles. The van der Waals surface area contributed by atoms with Crippen LogP contribution in [-0.4, -0.2) is 18.2 Å². The quantitative estimate of drug-likeness (QED) is 0.848. The molecule has 2 nitrogen and oxygen atoms in total. The average molecular weight is 233 g/mol. The summed E-state index contributed by atoms with van der Waals surface area (Å²) in [5, 5.41) is 9.47.